The number of fused-ring (bicyclic) bond motifs is 1. The van der Waals surface area contributed by atoms with Crippen molar-refractivity contribution in [1.29, 1.82) is 0 Å². The smallest absolute Gasteiger partial charge is 0.261 e. The van der Waals surface area contributed by atoms with Gasteiger partial charge in [0.2, 0.25) is 0 Å². The average molecular weight is 373 g/mol. The SMILES string of the molecule is CC=C[C@@H]1C=C[C@@H]2C[C@H](C)CC[C@H]2[C@]1(C)C(O)=C1C(=O)[C@@H](CO)N(C)C1=O. The maximum Gasteiger partial charge on any atom is 0.261 e. The molecule has 0 aromatic rings. The van der Waals surface area contributed by atoms with Crippen LogP contribution in [0.3, 0.4) is 0 Å². The highest BCUT2D eigenvalue weighted by Gasteiger charge is 2.53. The van der Waals surface area contributed by atoms with Gasteiger partial charge in [0.1, 0.15) is 17.4 Å². The molecule has 0 aromatic carbocycles. The summed E-state index contributed by atoms with van der Waals surface area (Å²) in [5.74, 6) is -0.00752. The van der Waals surface area contributed by atoms with Crippen molar-refractivity contribution >= 4 is 11.7 Å². The molecule has 5 heteroatoms. The molecule has 27 heavy (non-hydrogen) atoms. The summed E-state index contributed by atoms with van der Waals surface area (Å²) < 4.78 is 0. The van der Waals surface area contributed by atoms with Gasteiger partial charge >= 0.3 is 0 Å². The molecular weight excluding hydrogens is 342 g/mol. The summed E-state index contributed by atoms with van der Waals surface area (Å²) in [5.41, 5.74) is -0.848. The van der Waals surface area contributed by atoms with E-state index in [2.05, 4.69) is 19.1 Å². The van der Waals surface area contributed by atoms with Gasteiger partial charge < -0.3 is 15.1 Å². The lowest BCUT2D eigenvalue weighted by molar-refractivity contribution is -0.126. The topological polar surface area (TPSA) is 77.8 Å². The lowest BCUT2D eigenvalue weighted by Gasteiger charge is -2.50. The first-order valence-corrected chi connectivity index (χ1v) is 9.94. The summed E-state index contributed by atoms with van der Waals surface area (Å²) >= 11 is 0. The Labute approximate surface area is 161 Å². The summed E-state index contributed by atoms with van der Waals surface area (Å²) in [7, 11) is 1.50. The first-order valence-electron chi connectivity index (χ1n) is 9.94. The Morgan fingerprint density at radius 2 is 2.04 bits per heavy atom. The van der Waals surface area contributed by atoms with E-state index in [0.29, 0.717) is 11.8 Å². The number of aliphatic hydroxyl groups excluding tert-OH is 2. The number of Topliss-reactive ketones (excluding diaryl/α,β-unsaturated/α-hetero) is 1. The maximum atomic E-state index is 12.8. The molecule has 0 bridgehead atoms. The minimum Gasteiger partial charge on any atom is -0.511 e. The van der Waals surface area contributed by atoms with Crippen molar-refractivity contribution < 1.29 is 19.8 Å². The number of hydrogen-bond donors (Lipinski definition) is 2. The average Bonchev–Trinajstić information content (AvgIpc) is 2.85. The van der Waals surface area contributed by atoms with E-state index in [4.69, 9.17) is 0 Å². The summed E-state index contributed by atoms with van der Waals surface area (Å²) in [6, 6.07) is -0.903. The second kappa shape index (κ2) is 7.27. The van der Waals surface area contributed by atoms with Crippen molar-refractivity contribution in [2.45, 2.75) is 46.1 Å². The Morgan fingerprint density at radius 3 is 2.63 bits per heavy atom. The second-order valence-corrected chi connectivity index (χ2v) is 8.61. The van der Waals surface area contributed by atoms with Crippen LogP contribution in [0.2, 0.25) is 0 Å². The molecule has 1 saturated heterocycles. The highest BCUT2D eigenvalue weighted by molar-refractivity contribution is 6.26. The van der Waals surface area contributed by atoms with Crippen LogP contribution in [0.25, 0.3) is 0 Å². The van der Waals surface area contributed by atoms with Gasteiger partial charge in [-0.2, -0.15) is 0 Å². The molecule has 2 fully saturated rings. The highest BCUT2D eigenvalue weighted by atomic mass is 16.3. The van der Waals surface area contributed by atoms with Crippen LogP contribution in [-0.2, 0) is 9.59 Å². The predicted octanol–water partition coefficient (Wildman–Crippen LogP) is 3.02. The van der Waals surface area contributed by atoms with Gasteiger partial charge in [-0.05, 0) is 37.5 Å². The number of hydrogen-bond acceptors (Lipinski definition) is 4. The summed E-state index contributed by atoms with van der Waals surface area (Å²) in [6.45, 7) is 5.75. The van der Waals surface area contributed by atoms with Crippen LogP contribution >= 0.6 is 0 Å². The Kier molecular flexibility index (Phi) is 5.35. The molecule has 0 aromatic heterocycles. The number of carbonyl (C=O) groups is 2. The molecule has 148 valence electrons. The number of likely N-dealkylation sites (N-methyl/N-ethyl adjacent to an activating group) is 1. The molecule has 6 atom stereocenters. The van der Waals surface area contributed by atoms with E-state index in [1.54, 1.807) is 0 Å². The number of amides is 1. The van der Waals surface area contributed by atoms with Gasteiger partial charge in [-0.3, -0.25) is 9.59 Å². The minimum absolute atomic E-state index is 0.0799. The van der Waals surface area contributed by atoms with Crippen LogP contribution in [-0.4, -0.2) is 46.5 Å². The van der Waals surface area contributed by atoms with Crippen LogP contribution in [0.15, 0.2) is 35.6 Å². The van der Waals surface area contributed by atoms with Crippen LogP contribution in [0.4, 0.5) is 0 Å². The maximum absolute atomic E-state index is 12.8. The molecule has 1 saturated carbocycles. The van der Waals surface area contributed by atoms with Crippen molar-refractivity contribution in [3.8, 4) is 0 Å². The van der Waals surface area contributed by atoms with Crippen LogP contribution in [0.1, 0.15) is 40.0 Å². The van der Waals surface area contributed by atoms with Gasteiger partial charge in [0.05, 0.1) is 6.61 Å². The summed E-state index contributed by atoms with van der Waals surface area (Å²) in [6.07, 6.45) is 11.5. The lowest BCUT2D eigenvalue weighted by Crippen LogP contribution is -2.45. The number of rotatable bonds is 3. The summed E-state index contributed by atoms with van der Waals surface area (Å²) in [5, 5.41) is 20.9. The lowest BCUT2D eigenvalue weighted by atomic mass is 9.54. The third kappa shape index (κ3) is 2.96. The largest absolute Gasteiger partial charge is 0.511 e. The second-order valence-electron chi connectivity index (χ2n) is 8.61. The third-order valence-electron chi connectivity index (χ3n) is 7.06. The van der Waals surface area contributed by atoms with Crippen molar-refractivity contribution in [2.24, 2.45) is 29.1 Å². The first kappa shape index (κ1) is 19.9. The molecule has 1 aliphatic heterocycles. The first-order chi connectivity index (χ1) is 12.8. The van der Waals surface area contributed by atoms with Crippen LogP contribution in [0.5, 0.6) is 0 Å². The van der Waals surface area contributed by atoms with Gasteiger partial charge in [-0.25, -0.2) is 0 Å². The zero-order chi connectivity index (χ0) is 19.9. The van der Waals surface area contributed by atoms with E-state index in [-0.39, 0.29) is 23.2 Å². The van der Waals surface area contributed by atoms with Gasteiger partial charge in [0, 0.05) is 18.4 Å². The van der Waals surface area contributed by atoms with E-state index in [1.807, 2.05) is 26.0 Å². The number of ketones is 1. The fraction of sp³-hybridized carbons (Fsp3) is 0.636. The van der Waals surface area contributed by atoms with E-state index < -0.39 is 29.8 Å². The molecule has 0 unspecified atom stereocenters. The van der Waals surface area contributed by atoms with Crippen molar-refractivity contribution in [3.63, 3.8) is 0 Å². The monoisotopic (exact) mass is 373 g/mol. The Morgan fingerprint density at radius 1 is 1.33 bits per heavy atom. The van der Waals surface area contributed by atoms with Gasteiger partial charge in [0.25, 0.3) is 5.91 Å². The molecule has 0 radical (unpaired) electrons. The number of likely N-dealkylation sites (tertiary alicyclic amines) is 1. The Hall–Kier alpha value is -1.88. The van der Waals surface area contributed by atoms with E-state index in [0.717, 1.165) is 19.3 Å². The minimum atomic E-state index is -0.903. The zero-order valence-electron chi connectivity index (χ0n) is 16.7. The Balaban J connectivity index is 2.14. The number of nitrogens with zero attached hydrogens (tertiary/aromatic N) is 1. The molecule has 0 spiro atoms. The molecule has 5 nitrogen and oxygen atoms in total. The highest BCUT2D eigenvalue weighted by Crippen LogP contribution is 2.56. The predicted molar refractivity (Wildman–Crippen MR) is 104 cm³/mol. The van der Waals surface area contributed by atoms with Crippen molar-refractivity contribution in [2.75, 3.05) is 13.7 Å². The Bertz CT molecular complexity index is 722. The van der Waals surface area contributed by atoms with Crippen LogP contribution < -0.4 is 0 Å². The van der Waals surface area contributed by atoms with Gasteiger partial charge in [-0.1, -0.05) is 44.6 Å². The third-order valence-corrected chi connectivity index (χ3v) is 7.06. The number of allylic oxidation sites excluding steroid dienone is 5. The normalized spacial score (nSPS) is 41.4. The fourth-order valence-electron chi connectivity index (χ4n) is 5.35. The van der Waals surface area contributed by atoms with Crippen molar-refractivity contribution in [1.82, 2.24) is 4.90 Å². The molecular formula is C22H31NO4. The quantitative estimate of drug-likeness (QED) is 0.345. The summed E-state index contributed by atoms with van der Waals surface area (Å²) in [4.78, 5) is 26.7. The standard InChI is InChI=1S/C22H31NO4/c1-5-6-15-9-8-14-11-13(2)7-10-16(14)22(15,3)20(26)18-19(25)17(12-24)23(4)21(18)27/h5-6,8-9,13-17,24,26H,7,10-12H2,1-4H3/t13-,14-,15-,16-,17-,22-/m1/s1. The molecule has 2 aliphatic carbocycles. The van der Waals surface area contributed by atoms with Crippen molar-refractivity contribution in [3.05, 3.63) is 35.6 Å². The van der Waals surface area contributed by atoms with E-state index in [9.17, 15) is 19.8 Å². The van der Waals surface area contributed by atoms with Crippen LogP contribution in [0, 0.1) is 29.1 Å². The van der Waals surface area contributed by atoms with E-state index >= 15 is 0 Å². The number of aliphatic hydroxyl groups is 2. The zero-order valence-corrected chi connectivity index (χ0v) is 16.7. The molecule has 1 amide bonds. The van der Waals surface area contributed by atoms with E-state index in [1.165, 1.54) is 11.9 Å². The molecule has 3 aliphatic rings. The molecule has 1 heterocycles. The molecule has 2 N–H and O–H groups in total. The molecule has 3 rings (SSSR count). The fourth-order valence-corrected chi connectivity index (χ4v) is 5.35. The van der Waals surface area contributed by atoms with Gasteiger partial charge in [-0.15, -0.1) is 0 Å². The number of carbonyl (C=O) groups excluding carboxylic acids is 2. The van der Waals surface area contributed by atoms with Gasteiger partial charge in [0.15, 0.2) is 5.78 Å².